The number of esters is 1. The van der Waals surface area contributed by atoms with Crippen LogP contribution in [-0.2, 0) is 15.9 Å². The molecule has 0 saturated carbocycles. The van der Waals surface area contributed by atoms with E-state index in [1.165, 1.54) is 6.07 Å². The molecule has 0 radical (unpaired) electrons. The molecule has 0 aliphatic carbocycles. The van der Waals surface area contributed by atoms with Crippen LogP contribution in [0.5, 0.6) is 51.7 Å². The molecule has 11 N–H and O–H groups in total. The van der Waals surface area contributed by atoms with Gasteiger partial charge in [-0.1, -0.05) is 0 Å². The third-order valence-electron chi connectivity index (χ3n) is 7.24. The summed E-state index contributed by atoms with van der Waals surface area (Å²) in [6.07, 6.45) is -10.9. The van der Waals surface area contributed by atoms with E-state index in [1.54, 1.807) is 0 Å². The molecule has 3 aromatic rings. The van der Waals surface area contributed by atoms with Crippen molar-refractivity contribution >= 4 is 5.97 Å². The highest BCUT2D eigenvalue weighted by Gasteiger charge is 2.45. The lowest BCUT2D eigenvalue weighted by molar-refractivity contribution is -0.277. The highest BCUT2D eigenvalue weighted by Crippen LogP contribution is 2.46. The summed E-state index contributed by atoms with van der Waals surface area (Å²) in [6.45, 7) is -0.707. The second-order valence-corrected chi connectivity index (χ2v) is 10.2. The Morgan fingerprint density at radius 1 is 0.773 bits per heavy atom. The molecule has 1 saturated heterocycles. The molecule has 2 aliphatic rings. The van der Waals surface area contributed by atoms with E-state index in [2.05, 4.69) is 0 Å². The lowest BCUT2D eigenvalue weighted by Gasteiger charge is -2.39. The number of aliphatic hydroxyl groups excluding tert-OH is 4. The van der Waals surface area contributed by atoms with Crippen molar-refractivity contribution in [1.29, 1.82) is 0 Å². The van der Waals surface area contributed by atoms with Gasteiger partial charge in [0.25, 0.3) is 0 Å². The molecule has 3 unspecified atom stereocenters. The highest BCUT2D eigenvalue weighted by molar-refractivity contribution is 5.91. The van der Waals surface area contributed by atoms with Gasteiger partial charge in [0.15, 0.2) is 40.6 Å². The molecule has 0 bridgehead atoms. The number of ether oxygens (including phenoxy) is 4. The third-order valence-corrected chi connectivity index (χ3v) is 7.24. The Kier molecular flexibility index (Phi) is 8.11. The first kappa shape index (κ1) is 30.6. The molecule has 236 valence electrons. The molecule has 3 aromatic carbocycles. The Morgan fingerprint density at radius 2 is 1.36 bits per heavy atom. The monoisotopic (exact) mass is 620 g/mol. The van der Waals surface area contributed by atoms with Crippen LogP contribution in [0.2, 0.25) is 0 Å². The number of phenolic OH excluding ortho intramolecular Hbond substituents is 7. The van der Waals surface area contributed by atoms with Gasteiger partial charge in [0.05, 0.1) is 12.2 Å². The summed E-state index contributed by atoms with van der Waals surface area (Å²) in [6, 6.07) is 6.06. The Balaban J connectivity index is 1.48. The van der Waals surface area contributed by atoms with Gasteiger partial charge in [-0.15, -0.1) is 0 Å². The SMILES string of the molecule is O=C(O[C@@H]1Cc2c(O)cc(O[C@H]3OC(CO)[C@@H](O)C(O)C3O)cc2O[C@H]1c1cc(O)c(O)c(O)c1)c1cc(O)c(O)c(O)c1. The zero-order valence-electron chi connectivity index (χ0n) is 22.4. The van der Waals surface area contributed by atoms with Crippen LogP contribution in [0.1, 0.15) is 27.6 Å². The van der Waals surface area contributed by atoms with E-state index in [-0.39, 0.29) is 34.6 Å². The van der Waals surface area contributed by atoms with Crippen molar-refractivity contribution in [2.75, 3.05) is 6.61 Å². The molecule has 7 atom stereocenters. The van der Waals surface area contributed by atoms with Crippen LogP contribution in [-0.4, -0.2) is 106 Å². The minimum absolute atomic E-state index is 0.00241. The molecule has 2 heterocycles. The highest BCUT2D eigenvalue weighted by atomic mass is 16.7. The Morgan fingerprint density at radius 3 is 1.95 bits per heavy atom. The predicted molar refractivity (Wildman–Crippen MR) is 142 cm³/mol. The van der Waals surface area contributed by atoms with Crippen LogP contribution in [0.15, 0.2) is 36.4 Å². The second kappa shape index (κ2) is 11.7. The minimum Gasteiger partial charge on any atom is -0.507 e. The standard InChI is InChI=1S/C28H28O16/c29-8-20-23(37)24(38)25(39)28(44-20)41-11-5-13(30)12-7-19(43-27(40)10-3-16(33)22(36)17(34)4-10)26(42-18(12)6-11)9-1-14(31)21(35)15(32)2-9/h1-6,19-20,23-26,28-39H,7-8H2/t19-,20?,23-,24?,25?,26+,28+/m1/s1. The normalized spacial score (nSPS) is 26.3. The summed E-state index contributed by atoms with van der Waals surface area (Å²) in [5.74, 6) is -6.57. The number of phenols is 7. The summed E-state index contributed by atoms with van der Waals surface area (Å²) < 4.78 is 22.5. The first-order chi connectivity index (χ1) is 20.8. The summed E-state index contributed by atoms with van der Waals surface area (Å²) >= 11 is 0. The molecule has 0 spiro atoms. The number of hydrogen-bond donors (Lipinski definition) is 11. The van der Waals surface area contributed by atoms with Crippen LogP contribution in [0.3, 0.4) is 0 Å². The van der Waals surface area contributed by atoms with Gasteiger partial charge in [-0.2, -0.15) is 0 Å². The number of aromatic hydroxyl groups is 7. The van der Waals surface area contributed by atoms with Crippen molar-refractivity contribution in [1.82, 2.24) is 0 Å². The zero-order valence-corrected chi connectivity index (χ0v) is 22.4. The molecule has 44 heavy (non-hydrogen) atoms. The fourth-order valence-corrected chi connectivity index (χ4v) is 4.91. The Bertz CT molecular complexity index is 1530. The quantitative estimate of drug-likeness (QED) is 0.125. The fraction of sp³-hybridized carbons (Fsp3) is 0.321. The first-order valence-corrected chi connectivity index (χ1v) is 13.0. The molecule has 5 rings (SSSR count). The van der Waals surface area contributed by atoms with Crippen molar-refractivity contribution in [3.63, 3.8) is 0 Å². The van der Waals surface area contributed by atoms with Crippen LogP contribution < -0.4 is 9.47 Å². The summed E-state index contributed by atoms with van der Waals surface area (Å²) in [7, 11) is 0. The molecule has 16 nitrogen and oxygen atoms in total. The van der Waals surface area contributed by atoms with Crippen molar-refractivity contribution in [3.8, 4) is 51.7 Å². The van der Waals surface area contributed by atoms with E-state index in [1.807, 2.05) is 0 Å². The topological polar surface area (TPSA) is 277 Å². The van der Waals surface area contributed by atoms with Gasteiger partial charge in [0.2, 0.25) is 6.29 Å². The van der Waals surface area contributed by atoms with Gasteiger partial charge >= 0.3 is 5.97 Å². The van der Waals surface area contributed by atoms with Crippen LogP contribution >= 0.6 is 0 Å². The number of aliphatic hydroxyl groups is 4. The van der Waals surface area contributed by atoms with Crippen LogP contribution in [0, 0.1) is 0 Å². The molecule has 2 aliphatic heterocycles. The van der Waals surface area contributed by atoms with Crippen molar-refractivity contribution in [2.24, 2.45) is 0 Å². The van der Waals surface area contributed by atoms with Crippen molar-refractivity contribution in [2.45, 2.75) is 49.3 Å². The number of hydrogen-bond acceptors (Lipinski definition) is 16. The van der Waals surface area contributed by atoms with Crippen LogP contribution in [0.25, 0.3) is 0 Å². The molecule has 1 fully saturated rings. The third kappa shape index (κ3) is 5.59. The van der Waals surface area contributed by atoms with Gasteiger partial charge in [-0.3, -0.25) is 0 Å². The molecule has 0 aromatic heterocycles. The van der Waals surface area contributed by atoms with Gasteiger partial charge < -0.3 is 75.1 Å². The number of carbonyl (C=O) groups excluding carboxylic acids is 1. The molecule has 0 amide bonds. The average Bonchev–Trinajstić information content (AvgIpc) is 2.98. The lowest BCUT2D eigenvalue weighted by atomic mass is 9.93. The van der Waals surface area contributed by atoms with E-state index in [0.29, 0.717) is 0 Å². The number of benzene rings is 3. The van der Waals surface area contributed by atoms with E-state index in [4.69, 9.17) is 18.9 Å². The maximum absolute atomic E-state index is 13.0. The largest absolute Gasteiger partial charge is 0.507 e. The van der Waals surface area contributed by atoms with Gasteiger partial charge in [0.1, 0.15) is 47.8 Å². The number of carbonyl (C=O) groups is 1. The van der Waals surface area contributed by atoms with Gasteiger partial charge in [-0.25, -0.2) is 4.79 Å². The van der Waals surface area contributed by atoms with E-state index < -0.39 is 95.7 Å². The maximum Gasteiger partial charge on any atom is 0.338 e. The smallest absolute Gasteiger partial charge is 0.338 e. The van der Waals surface area contributed by atoms with Gasteiger partial charge in [0, 0.05) is 29.7 Å². The minimum atomic E-state index is -1.76. The Hall–Kier alpha value is -4.87. The fourth-order valence-electron chi connectivity index (χ4n) is 4.91. The zero-order chi connectivity index (χ0) is 32.0. The second-order valence-electron chi connectivity index (χ2n) is 10.2. The van der Waals surface area contributed by atoms with E-state index >= 15 is 0 Å². The molecular weight excluding hydrogens is 592 g/mol. The predicted octanol–water partition coefficient (Wildman–Crippen LogP) is -0.294. The van der Waals surface area contributed by atoms with Crippen LogP contribution in [0.4, 0.5) is 0 Å². The average molecular weight is 621 g/mol. The number of rotatable bonds is 6. The summed E-state index contributed by atoms with van der Waals surface area (Å²) in [4.78, 5) is 13.0. The van der Waals surface area contributed by atoms with Crippen molar-refractivity contribution in [3.05, 3.63) is 53.1 Å². The summed E-state index contributed by atoms with van der Waals surface area (Å²) in [5, 5.41) is 110. The molecular formula is C28H28O16. The number of fused-ring (bicyclic) bond motifs is 1. The maximum atomic E-state index is 13.0. The Labute approximate surface area is 247 Å². The van der Waals surface area contributed by atoms with Gasteiger partial charge in [-0.05, 0) is 24.3 Å². The first-order valence-electron chi connectivity index (χ1n) is 13.0. The lowest BCUT2D eigenvalue weighted by Crippen LogP contribution is -2.60. The van der Waals surface area contributed by atoms with Crippen molar-refractivity contribution < 1.29 is 79.9 Å². The van der Waals surface area contributed by atoms with E-state index in [0.717, 1.165) is 30.3 Å². The molecule has 16 heteroatoms. The summed E-state index contributed by atoms with van der Waals surface area (Å²) in [5.41, 5.74) is -0.285. The van der Waals surface area contributed by atoms with E-state index in [9.17, 15) is 61.0 Å².